The summed E-state index contributed by atoms with van der Waals surface area (Å²) in [6, 6.07) is 37.5. The smallest absolute Gasteiger partial charge is 0.201 e. The van der Waals surface area contributed by atoms with Gasteiger partial charge in [0.05, 0.1) is 22.2 Å². The predicted octanol–water partition coefficient (Wildman–Crippen LogP) is 7.18. The molecule has 6 heteroatoms. The van der Waals surface area contributed by atoms with Crippen LogP contribution in [0.25, 0.3) is 32.7 Å². The van der Waals surface area contributed by atoms with Crippen molar-refractivity contribution in [1.82, 2.24) is 0 Å². The first kappa shape index (κ1) is 26.2. The third kappa shape index (κ3) is 3.22. The maximum atomic E-state index is 14.5. The van der Waals surface area contributed by atoms with Crippen molar-refractivity contribution in [1.29, 1.82) is 0 Å². The van der Waals surface area contributed by atoms with Crippen molar-refractivity contribution in [2.24, 2.45) is 4.99 Å². The first-order chi connectivity index (χ1) is 23.5. The number of carbonyl (C=O) groups excluding carboxylic acids is 1. The van der Waals surface area contributed by atoms with Gasteiger partial charge >= 0.3 is 0 Å². The average Bonchev–Trinajstić information content (AvgIpc) is 3.64. The van der Waals surface area contributed by atoms with Crippen molar-refractivity contribution in [3.8, 4) is 0 Å². The Morgan fingerprint density at radius 3 is 2.12 bits per heavy atom. The highest BCUT2D eigenvalue weighted by molar-refractivity contribution is 6.52. The molecule has 0 aromatic heterocycles. The molecule has 48 heavy (non-hydrogen) atoms. The fraction of sp³-hybridized carbons (Fsp3) is 0.143. The molecule has 0 saturated heterocycles. The number of carbonyl (C=O) groups is 1. The van der Waals surface area contributed by atoms with E-state index < -0.39 is 11.3 Å². The Balaban J connectivity index is 1.15. The maximum Gasteiger partial charge on any atom is 0.201 e. The quantitative estimate of drug-likeness (QED) is 0.156. The molecule has 0 bridgehead atoms. The van der Waals surface area contributed by atoms with Crippen molar-refractivity contribution in [3.05, 3.63) is 153 Å². The molecular formula is C42H30N4O2. The van der Waals surface area contributed by atoms with Crippen LogP contribution in [0.4, 0.5) is 17.1 Å². The summed E-state index contributed by atoms with van der Waals surface area (Å²) in [5.74, 6) is -0.138. The molecule has 0 saturated carbocycles. The maximum absolute atomic E-state index is 14.5. The molecule has 4 N–H and O–H groups in total. The predicted molar refractivity (Wildman–Crippen MR) is 190 cm³/mol. The summed E-state index contributed by atoms with van der Waals surface area (Å²) in [5, 5.41) is 29.0. The van der Waals surface area contributed by atoms with Crippen LogP contribution in [0.3, 0.4) is 0 Å². The minimum atomic E-state index is -0.620. The summed E-state index contributed by atoms with van der Waals surface area (Å²) >= 11 is 0. The monoisotopic (exact) mass is 622 g/mol. The van der Waals surface area contributed by atoms with E-state index >= 15 is 0 Å². The van der Waals surface area contributed by atoms with Crippen LogP contribution in [-0.2, 0) is 29.0 Å². The number of benzene rings is 6. The standard InChI is InChI=1S/C42H30N4O2/c47-39-35(27-17-15-25-9-5-13-31-33(25)37(27)45-41(43-31)21-19-23-7-1-3-11-29(23)41)40(48)36(39)28-18-16-26-10-6-14-32-34(26)38(28)46-42(44-32)22-20-24-8-2-4-12-30(24)42/h1-18,43-45,47H,19-22H2/b36-28+. The summed E-state index contributed by atoms with van der Waals surface area (Å²) in [6.45, 7) is 0. The molecule has 0 radical (unpaired) electrons. The topological polar surface area (TPSA) is 85.8 Å². The van der Waals surface area contributed by atoms with Gasteiger partial charge < -0.3 is 21.1 Å². The highest BCUT2D eigenvalue weighted by atomic mass is 16.3. The van der Waals surface area contributed by atoms with E-state index in [1.165, 1.54) is 22.3 Å². The number of allylic oxidation sites excluding steroid dienone is 2. The summed E-state index contributed by atoms with van der Waals surface area (Å²) in [5.41, 5.74) is 8.17. The van der Waals surface area contributed by atoms with Crippen LogP contribution in [-0.4, -0.2) is 10.9 Å². The molecule has 230 valence electrons. The van der Waals surface area contributed by atoms with E-state index in [0.29, 0.717) is 16.4 Å². The molecular weight excluding hydrogens is 592 g/mol. The van der Waals surface area contributed by atoms with Gasteiger partial charge in [-0.25, -0.2) is 0 Å². The highest BCUT2D eigenvalue weighted by Gasteiger charge is 2.45. The highest BCUT2D eigenvalue weighted by Crippen LogP contribution is 2.51. The number of rotatable bonds is 1. The second-order valence-corrected chi connectivity index (χ2v) is 13.8. The van der Waals surface area contributed by atoms with Gasteiger partial charge in [0.15, 0.2) is 5.66 Å². The Morgan fingerprint density at radius 2 is 1.31 bits per heavy atom. The van der Waals surface area contributed by atoms with Gasteiger partial charge in [0.1, 0.15) is 11.4 Å². The van der Waals surface area contributed by atoms with E-state index in [9.17, 15) is 9.90 Å². The molecule has 3 aliphatic carbocycles. The Bertz CT molecular complexity index is 2660. The van der Waals surface area contributed by atoms with Crippen molar-refractivity contribution in [2.45, 2.75) is 37.0 Å². The van der Waals surface area contributed by atoms with Gasteiger partial charge in [-0.1, -0.05) is 97.1 Å². The number of aliphatic hydroxyl groups excluding tert-OH is 1. The van der Waals surface area contributed by atoms with Crippen LogP contribution in [0.1, 0.15) is 40.7 Å². The van der Waals surface area contributed by atoms with E-state index in [-0.39, 0.29) is 11.5 Å². The molecule has 5 aliphatic rings. The minimum Gasteiger partial charge on any atom is -0.506 e. The fourth-order valence-corrected chi connectivity index (χ4v) is 9.13. The largest absolute Gasteiger partial charge is 0.506 e. The number of anilines is 3. The van der Waals surface area contributed by atoms with E-state index in [1.54, 1.807) is 0 Å². The summed E-state index contributed by atoms with van der Waals surface area (Å²) in [6.07, 6.45) is 3.56. The van der Waals surface area contributed by atoms with Crippen LogP contribution in [0.15, 0.2) is 120 Å². The molecule has 11 rings (SSSR count). The third-order valence-corrected chi connectivity index (χ3v) is 11.3. The molecule has 6 aromatic carbocycles. The van der Waals surface area contributed by atoms with Gasteiger partial charge in [0.2, 0.25) is 5.78 Å². The molecule has 6 aromatic rings. The van der Waals surface area contributed by atoms with Crippen LogP contribution in [0.5, 0.6) is 0 Å². The van der Waals surface area contributed by atoms with Crippen molar-refractivity contribution in [3.63, 3.8) is 0 Å². The van der Waals surface area contributed by atoms with Crippen molar-refractivity contribution in [2.75, 3.05) is 16.0 Å². The number of aliphatic hydroxyl groups is 1. The Labute approximate surface area is 276 Å². The lowest BCUT2D eigenvalue weighted by atomic mass is 9.79. The number of aryl methyl sites for hydroxylation is 2. The van der Waals surface area contributed by atoms with Gasteiger partial charge in [-0.05, 0) is 59.7 Å². The van der Waals surface area contributed by atoms with Crippen LogP contribution >= 0.6 is 0 Å². The number of ketones is 1. The molecule has 2 unspecified atom stereocenters. The number of Topliss-reactive ketones (excluding diaryl/α,β-unsaturated/α-hetero) is 1. The van der Waals surface area contributed by atoms with E-state index in [1.807, 2.05) is 24.3 Å². The lowest BCUT2D eigenvalue weighted by Crippen LogP contribution is -2.44. The lowest BCUT2D eigenvalue weighted by Gasteiger charge is -2.41. The van der Waals surface area contributed by atoms with Crippen LogP contribution in [0, 0.1) is 0 Å². The van der Waals surface area contributed by atoms with E-state index in [0.717, 1.165) is 75.2 Å². The SMILES string of the molecule is O=C1C(c2ccc3cccc4c3c2NC2(CCc3ccccc32)N4)=C(O)/C1=c1/ccc2cccc3c2c1=NC1(CCc2ccccc21)N3. The minimum absolute atomic E-state index is 0.0250. The third-order valence-electron chi connectivity index (χ3n) is 11.3. The number of nitrogens with one attached hydrogen (secondary N) is 3. The Kier molecular flexibility index (Phi) is 4.87. The van der Waals surface area contributed by atoms with E-state index in [2.05, 4.69) is 101 Å². The van der Waals surface area contributed by atoms with Gasteiger partial charge in [-0.3, -0.25) is 9.79 Å². The second kappa shape index (κ2) is 8.92. The fourth-order valence-electron chi connectivity index (χ4n) is 9.13. The Morgan fingerprint density at radius 1 is 0.625 bits per heavy atom. The molecule has 2 aliphatic heterocycles. The van der Waals surface area contributed by atoms with Gasteiger partial charge in [0, 0.05) is 44.1 Å². The zero-order valence-electron chi connectivity index (χ0n) is 26.0. The van der Waals surface area contributed by atoms with Gasteiger partial charge in [-0.2, -0.15) is 0 Å². The molecule has 2 atom stereocenters. The summed E-state index contributed by atoms with van der Waals surface area (Å²) < 4.78 is 0. The van der Waals surface area contributed by atoms with Crippen molar-refractivity contribution >= 4 is 55.5 Å². The van der Waals surface area contributed by atoms with Crippen molar-refractivity contribution < 1.29 is 9.90 Å². The van der Waals surface area contributed by atoms with Crippen LogP contribution in [0.2, 0.25) is 0 Å². The summed E-state index contributed by atoms with van der Waals surface area (Å²) in [7, 11) is 0. The zero-order chi connectivity index (χ0) is 31.8. The Hall–Kier alpha value is -5.88. The molecule has 0 amide bonds. The molecule has 6 nitrogen and oxygen atoms in total. The number of nitrogens with zero attached hydrogens (tertiary/aromatic N) is 1. The van der Waals surface area contributed by atoms with Gasteiger partial charge in [-0.15, -0.1) is 0 Å². The first-order valence-electron chi connectivity index (χ1n) is 16.8. The average molecular weight is 623 g/mol. The molecule has 0 fully saturated rings. The second-order valence-electron chi connectivity index (χ2n) is 13.8. The van der Waals surface area contributed by atoms with E-state index in [4.69, 9.17) is 4.99 Å². The normalized spacial score (nSPS) is 23.8. The first-order valence-corrected chi connectivity index (χ1v) is 16.8. The number of hydrogen-bond acceptors (Lipinski definition) is 6. The lowest BCUT2D eigenvalue weighted by molar-refractivity contribution is -0.109. The number of hydrogen-bond donors (Lipinski definition) is 4. The summed E-state index contributed by atoms with van der Waals surface area (Å²) in [4.78, 5) is 19.9. The molecule has 2 spiro atoms. The van der Waals surface area contributed by atoms with Gasteiger partial charge in [0.25, 0.3) is 0 Å². The van der Waals surface area contributed by atoms with Crippen LogP contribution < -0.4 is 26.5 Å². The zero-order valence-corrected chi connectivity index (χ0v) is 26.0. The molecule has 2 heterocycles. The number of fused-ring (bicyclic) bond motifs is 4.